The molecular formula is C39H70N2O21. The summed E-state index contributed by atoms with van der Waals surface area (Å²) in [6.45, 7) is 2.18. The van der Waals surface area contributed by atoms with Gasteiger partial charge in [0.15, 0.2) is 12.6 Å². The highest BCUT2D eigenvalue weighted by Gasteiger charge is 2.60. The Hall–Kier alpha value is -1.82. The number of hydrogen-bond donors (Lipinski definition) is 14. The average Bonchev–Trinajstić information content (AvgIpc) is 3.23. The summed E-state index contributed by atoms with van der Waals surface area (Å²) in [5, 5.41) is 142. The van der Waals surface area contributed by atoms with Gasteiger partial charge in [0.1, 0.15) is 73.2 Å². The number of carbonyl (C=O) groups is 2. The Morgan fingerprint density at radius 2 is 1.39 bits per heavy atom. The normalized spacial score (nSPS) is 41.7. The van der Waals surface area contributed by atoms with Crippen LogP contribution in [-0.4, -0.2) is 238 Å². The van der Waals surface area contributed by atoms with E-state index in [-0.39, 0.29) is 6.54 Å². The lowest BCUT2D eigenvalue weighted by Gasteiger charge is -2.52. The molecule has 4 heterocycles. The van der Waals surface area contributed by atoms with Crippen LogP contribution in [0.1, 0.15) is 78.6 Å². The number of nitrogens with zero attached hydrogens (tertiary/aromatic N) is 1. The lowest BCUT2D eigenvalue weighted by molar-refractivity contribution is -0.383. The zero-order valence-corrected chi connectivity index (χ0v) is 35.4. The molecule has 4 aliphatic heterocycles. The fourth-order valence-corrected chi connectivity index (χ4v) is 8.60. The van der Waals surface area contributed by atoms with Crippen molar-refractivity contribution in [3.8, 4) is 0 Å². The van der Waals surface area contributed by atoms with E-state index >= 15 is 0 Å². The number of amides is 1. The van der Waals surface area contributed by atoms with E-state index in [4.69, 9.17) is 28.4 Å². The molecule has 23 heteroatoms. The standard InChI is InChI=1S/C39H70N2O21/c1-4-5-6-7-8-9-10-11-12-41-14-22(47)33(60-36-30(53)29(52)26(49)18(2)57-36)32(20(41)15-42)59-37-31(54)35(28(51)24(17-44)58-37)62-39(38(55)56)13-21(46)25(40-19(3)45)34(61-39)27(50)23(48)16-43/h18,20-37,42-44,46-54H,4-17H2,1-3H3,(H,40,45)(H,55,56)/t18-,20+,21-,22-,23+,24+,25+,26+,27+,28-,29+,30-,31+,32+,33+,34+,35-,36-,37-,39-/m0/s1. The predicted octanol–water partition coefficient (Wildman–Crippen LogP) is -5.26. The number of unbranched alkanes of at least 4 members (excludes halogenated alkanes) is 7. The van der Waals surface area contributed by atoms with Crippen LogP contribution in [0.15, 0.2) is 0 Å². The fraction of sp³-hybridized carbons (Fsp3) is 0.949. The molecule has 0 saturated carbocycles. The molecule has 362 valence electrons. The number of β-amino-alcohol motifs (C(OH)–C–C–N with tert-alkyl or cyclic N) is 1. The number of aliphatic hydroxyl groups excluding tert-OH is 12. The van der Waals surface area contributed by atoms with E-state index in [1.807, 2.05) is 0 Å². The summed E-state index contributed by atoms with van der Waals surface area (Å²) in [6.07, 6.45) is -23.4. The minimum Gasteiger partial charge on any atom is -0.477 e. The monoisotopic (exact) mass is 902 g/mol. The second-order valence-corrected chi connectivity index (χ2v) is 16.8. The lowest BCUT2D eigenvalue weighted by Crippen LogP contribution is -2.71. The molecule has 0 bridgehead atoms. The van der Waals surface area contributed by atoms with E-state index in [2.05, 4.69) is 12.2 Å². The van der Waals surface area contributed by atoms with Gasteiger partial charge >= 0.3 is 5.97 Å². The van der Waals surface area contributed by atoms with Crippen LogP contribution in [0.3, 0.4) is 0 Å². The minimum absolute atomic E-state index is 0.0914. The number of carboxylic acid groups (broad SMARTS) is 1. The lowest BCUT2D eigenvalue weighted by atomic mass is 9.88. The van der Waals surface area contributed by atoms with Crippen molar-refractivity contribution >= 4 is 11.9 Å². The maximum Gasteiger partial charge on any atom is 0.364 e. The maximum absolute atomic E-state index is 13.0. The molecule has 0 aromatic heterocycles. The maximum atomic E-state index is 13.0. The average molecular weight is 903 g/mol. The summed E-state index contributed by atoms with van der Waals surface area (Å²) in [4.78, 5) is 26.7. The number of nitrogens with one attached hydrogen (secondary N) is 1. The molecule has 14 N–H and O–H groups in total. The van der Waals surface area contributed by atoms with Crippen LogP contribution in [0.4, 0.5) is 0 Å². The van der Waals surface area contributed by atoms with E-state index in [1.165, 1.54) is 6.92 Å². The van der Waals surface area contributed by atoms with Crippen molar-refractivity contribution in [1.29, 1.82) is 0 Å². The zero-order valence-electron chi connectivity index (χ0n) is 35.4. The number of carboxylic acids is 1. The van der Waals surface area contributed by atoms with Gasteiger partial charge in [-0.2, -0.15) is 0 Å². The van der Waals surface area contributed by atoms with Gasteiger partial charge in [-0.15, -0.1) is 0 Å². The SMILES string of the molecule is CCCCCCCCCCN1C[C@H](O)[C@@H](O[C@@H]2O[C@@H](C)[C@@H](O)[C@@H](O)[C@@H]2O)[C@H](O[C@@H]2O[C@H](CO)[C@H](O)[C@H](O[C@]3(C(=O)O)C[C@H](O)[C@@H](NC(C)=O)[C@H]([C@H](O)[C@H](O)CO)O3)[C@H]2O)[C@H]1CO. The number of piperidine rings is 1. The summed E-state index contributed by atoms with van der Waals surface area (Å²) in [5.74, 6) is -5.78. The number of hydrogen-bond acceptors (Lipinski definition) is 21. The highest BCUT2D eigenvalue weighted by atomic mass is 16.8. The minimum atomic E-state index is -3.06. The molecule has 0 spiro atoms. The van der Waals surface area contributed by atoms with E-state index in [9.17, 15) is 76.0 Å². The van der Waals surface area contributed by atoms with Crippen molar-refractivity contribution in [2.24, 2.45) is 0 Å². The summed E-state index contributed by atoms with van der Waals surface area (Å²) >= 11 is 0. The summed E-state index contributed by atoms with van der Waals surface area (Å²) in [7, 11) is 0. The van der Waals surface area contributed by atoms with E-state index < -0.39 is 160 Å². The van der Waals surface area contributed by atoms with Crippen LogP contribution in [0.5, 0.6) is 0 Å². The molecule has 4 rings (SSSR count). The van der Waals surface area contributed by atoms with E-state index in [1.54, 1.807) is 4.90 Å². The Morgan fingerprint density at radius 3 is 1.97 bits per heavy atom. The van der Waals surface area contributed by atoms with Crippen molar-refractivity contribution in [3.05, 3.63) is 0 Å². The number of likely N-dealkylation sites (tertiary alicyclic amines) is 1. The van der Waals surface area contributed by atoms with Crippen molar-refractivity contribution in [2.45, 2.75) is 201 Å². The van der Waals surface area contributed by atoms with Gasteiger partial charge < -0.3 is 100 Å². The second-order valence-electron chi connectivity index (χ2n) is 16.8. The Morgan fingerprint density at radius 1 is 0.774 bits per heavy atom. The molecular weight excluding hydrogens is 832 g/mol. The highest BCUT2D eigenvalue weighted by Crippen LogP contribution is 2.39. The summed E-state index contributed by atoms with van der Waals surface area (Å²) in [5.41, 5.74) is 0. The molecule has 0 aromatic rings. The molecule has 20 atom stereocenters. The Kier molecular flexibility index (Phi) is 20.5. The Balaban J connectivity index is 1.66. The first-order valence-electron chi connectivity index (χ1n) is 21.5. The zero-order chi connectivity index (χ0) is 46.1. The van der Waals surface area contributed by atoms with Gasteiger partial charge in [-0.05, 0) is 19.9 Å². The third-order valence-electron chi connectivity index (χ3n) is 12.2. The molecule has 4 aliphatic rings. The second kappa shape index (κ2) is 24.1. The van der Waals surface area contributed by atoms with Crippen LogP contribution in [0, 0.1) is 0 Å². The molecule has 0 unspecified atom stereocenters. The Labute approximate surface area is 359 Å². The summed E-state index contributed by atoms with van der Waals surface area (Å²) < 4.78 is 35.2. The van der Waals surface area contributed by atoms with Gasteiger partial charge in [-0.25, -0.2) is 4.79 Å². The number of aliphatic carboxylic acids is 1. The first kappa shape index (κ1) is 52.8. The molecule has 4 fully saturated rings. The van der Waals surface area contributed by atoms with Crippen LogP contribution >= 0.6 is 0 Å². The van der Waals surface area contributed by atoms with Crippen molar-refractivity contribution in [1.82, 2.24) is 10.2 Å². The smallest absolute Gasteiger partial charge is 0.364 e. The van der Waals surface area contributed by atoms with Crippen molar-refractivity contribution < 1.29 is 104 Å². The van der Waals surface area contributed by atoms with Gasteiger partial charge in [0.25, 0.3) is 5.79 Å². The third-order valence-corrected chi connectivity index (χ3v) is 12.2. The summed E-state index contributed by atoms with van der Waals surface area (Å²) in [6, 6.07) is -2.60. The van der Waals surface area contributed by atoms with Gasteiger partial charge in [-0.1, -0.05) is 51.9 Å². The topological polar surface area (TPSA) is 368 Å². The van der Waals surface area contributed by atoms with Crippen LogP contribution in [0.2, 0.25) is 0 Å². The molecule has 62 heavy (non-hydrogen) atoms. The van der Waals surface area contributed by atoms with Gasteiger partial charge in [0.2, 0.25) is 5.91 Å². The largest absolute Gasteiger partial charge is 0.477 e. The first-order valence-corrected chi connectivity index (χ1v) is 21.5. The van der Waals surface area contributed by atoms with Gasteiger partial charge in [0.05, 0.1) is 50.2 Å². The third kappa shape index (κ3) is 12.5. The molecule has 0 radical (unpaired) electrons. The van der Waals surface area contributed by atoms with Crippen molar-refractivity contribution in [2.75, 3.05) is 32.9 Å². The van der Waals surface area contributed by atoms with Crippen LogP contribution < -0.4 is 5.32 Å². The van der Waals surface area contributed by atoms with E-state index in [0.717, 1.165) is 51.9 Å². The van der Waals surface area contributed by atoms with Crippen LogP contribution in [0.25, 0.3) is 0 Å². The molecule has 0 aliphatic carbocycles. The van der Waals surface area contributed by atoms with Gasteiger partial charge in [-0.3, -0.25) is 9.69 Å². The quantitative estimate of drug-likeness (QED) is 0.0451. The van der Waals surface area contributed by atoms with Gasteiger partial charge in [0, 0.05) is 19.9 Å². The first-order chi connectivity index (χ1) is 29.4. The van der Waals surface area contributed by atoms with Crippen molar-refractivity contribution in [3.63, 3.8) is 0 Å². The Bertz CT molecular complexity index is 1370. The molecule has 0 aromatic carbocycles. The number of carbonyl (C=O) groups excluding carboxylic acids is 1. The molecule has 23 nitrogen and oxygen atoms in total. The van der Waals surface area contributed by atoms with Crippen LogP contribution in [-0.2, 0) is 38.0 Å². The molecule has 1 amide bonds. The molecule has 4 saturated heterocycles. The number of ether oxygens (including phenoxy) is 6. The number of rotatable bonds is 22. The predicted molar refractivity (Wildman–Crippen MR) is 208 cm³/mol. The number of aliphatic hydroxyl groups is 12. The van der Waals surface area contributed by atoms with E-state index in [0.29, 0.717) is 13.0 Å². The fourth-order valence-electron chi connectivity index (χ4n) is 8.60. The highest BCUT2D eigenvalue weighted by molar-refractivity contribution is 5.76.